The maximum Gasteiger partial charge on any atom is 0.424 e. The first-order chi connectivity index (χ1) is 13.4. The summed E-state index contributed by atoms with van der Waals surface area (Å²) in [5, 5.41) is 0. The SMILES string of the molecule is CCCCCCCCCCCCCCCCCCC(OOS(=O)(=O)O)C(N)=O. The van der Waals surface area contributed by atoms with Crippen LogP contribution in [0.3, 0.4) is 0 Å². The summed E-state index contributed by atoms with van der Waals surface area (Å²) in [6, 6.07) is 0. The Bertz CT molecular complexity index is 469. The molecule has 0 spiro atoms. The van der Waals surface area contributed by atoms with Crippen molar-refractivity contribution >= 4 is 16.3 Å². The number of carbonyl (C=O) groups excluding carboxylic acids is 1. The first-order valence-electron chi connectivity index (χ1n) is 11.0. The van der Waals surface area contributed by atoms with E-state index in [0.717, 1.165) is 19.3 Å². The van der Waals surface area contributed by atoms with Crippen molar-refractivity contribution < 1.29 is 27.0 Å². The van der Waals surface area contributed by atoms with Crippen molar-refractivity contribution in [3.8, 4) is 0 Å². The average molecular weight is 424 g/mol. The highest BCUT2D eigenvalue weighted by Gasteiger charge is 2.20. The quantitative estimate of drug-likeness (QED) is 0.113. The Balaban J connectivity index is 3.39. The van der Waals surface area contributed by atoms with Gasteiger partial charge in [-0.3, -0.25) is 9.35 Å². The number of hydrogen-bond donors (Lipinski definition) is 2. The van der Waals surface area contributed by atoms with Crippen LogP contribution in [0.5, 0.6) is 0 Å². The summed E-state index contributed by atoms with van der Waals surface area (Å²) < 4.78 is 33.1. The number of unbranched alkanes of at least 4 members (excludes halogenated alkanes) is 15. The van der Waals surface area contributed by atoms with Crippen LogP contribution in [0.15, 0.2) is 0 Å². The Kier molecular flexibility index (Phi) is 17.9. The fourth-order valence-corrected chi connectivity index (χ4v) is 3.41. The molecular weight excluding hydrogens is 382 g/mol. The van der Waals surface area contributed by atoms with Gasteiger partial charge in [0.1, 0.15) is 0 Å². The summed E-state index contributed by atoms with van der Waals surface area (Å²) in [6.07, 6.45) is 19.0. The average Bonchev–Trinajstić information content (AvgIpc) is 2.62. The molecule has 0 aromatic heterocycles. The van der Waals surface area contributed by atoms with Crippen LogP contribution in [0.4, 0.5) is 0 Å². The van der Waals surface area contributed by atoms with E-state index in [0.29, 0.717) is 6.42 Å². The molecule has 0 saturated carbocycles. The second-order valence-corrected chi connectivity index (χ2v) is 8.57. The maximum absolute atomic E-state index is 11.1. The van der Waals surface area contributed by atoms with Crippen LogP contribution in [0, 0.1) is 0 Å². The van der Waals surface area contributed by atoms with E-state index in [2.05, 4.69) is 16.1 Å². The van der Waals surface area contributed by atoms with Gasteiger partial charge in [-0.25, -0.2) is 4.89 Å². The molecule has 168 valence electrons. The van der Waals surface area contributed by atoms with Crippen LogP contribution in [0.1, 0.15) is 116 Å². The third kappa shape index (κ3) is 20.0. The second-order valence-electron chi connectivity index (χ2n) is 7.57. The molecule has 0 aliphatic carbocycles. The molecule has 0 aliphatic rings. The fourth-order valence-electron chi connectivity index (χ4n) is 3.21. The topological polar surface area (TPSA) is 116 Å². The first kappa shape index (κ1) is 27.3. The van der Waals surface area contributed by atoms with Gasteiger partial charge in [-0.05, 0) is 6.42 Å². The van der Waals surface area contributed by atoms with Gasteiger partial charge in [0, 0.05) is 0 Å². The van der Waals surface area contributed by atoms with Crippen LogP contribution in [-0.2, 0) is 24.4 Å². The van der Waals surface area contributed by atoms with E-state index < -0.39 is 22.4 Å². The van der Waals surface area contributed by atoms with E-state index in [9.17, 15) is 13.2 Å². The van der Waals surface area contributed by atoms with Crippen molar-refractivity contribution in [3.05, 3.63) is 0 Å². The number of hydrogen-bond acceptors (Lipinski definition) is 5. The lowest BCUT2D eigenvalue weighted by Crippen LogP contribution is -2.32. The Labute approximate surface area is 171 Å². The zero-order valence-corrected chi connectivity index (χ0v) is 18.4. The lowest BCUT2D eigenvalue weighted by Gasteiger charge is -2.11. The molecule has 0 fully saturated rings. The van der Waals surface area contributed by atoms with Crippen molar-refractivity contribution in [1.29, 1.82) is 0 Å². The van der Waals surface area contributed by atoms with E-state index in [1.54, 1.807) is 0 Å². The van der Waals surface area contributed by atoms with E-state index in [1.807, 2.05) is 0 Å². The Morgan fingerprint density at radius 3 is 1.46 bits per heavy atom. The van der Waals surface area contributed by atoms with Crippen molar-refractivity contribution in [3.63, 3.8) is 0 Å². The largest absolute Gasteiger partial charge is 0.424 e. The summed E-state index contributed by atoms with van der Waals surface area (Å²) in [5.41, 5.74) is 5.11. The zero-order valence-electron chi connectivity index (χ0n) is 17.6. The molecule has 0 radical (unpaired) electrons. The van der Waals surface area contributed by atoms with Gasteiger partial charge >= 0.3 is 10.4 Å². The van der Waals surface area contributed by atoms with E-state index >= 15 is 0 Å². The van der Waals surface area contributed by atoms with Gasteiger partial charge in [0.05, 0.1) is 0 Å². The normalized spacial score (nSPS) is 12.9. The molecule has 0 aliphatic heterocycles. The van der Waals surface area contributed by atoms with Gasteiger partial charge in [0.15, 0.2) is 6.10 Å². The minimum Gasteiger partial charge on any atom is -0.367 e. The molecule has 0 heterocycles. The van der Waals surface area contributed by atoms with E-state index in [1.165, 1.54) is 77.0 Å². The Hall–Kier alpha value is -0.700. The summed E-state index contributed by atoms with van der Waals surface area (Å²) in [7, 11) is -4.74. The number of carbonyl (C=O) groups is 1. The van der Waals surface area contributed by atoms with Crippen molar-refractivity contribution in [2.75, 3.05) is 0 Å². The van der Waals surface area contributed by atoms with Gasteiger partial charge in [0.2, 0.25) is 5.91 Å². The highest BCUT2D eigenvalue weighted by molar-refractivity contribution is 7.80. The lowest BCUT2D eigenvalue weighted by atomic mass is 10.0. The molecule has 0 aromatic rings. The van der Waals surface area contributed by atoms with Crippen molar-refractivity contribution in [2.24, 2.45) is 5.73 Å². The molecule has 0 rings (SSSR count). The summed E-state index contributed by atoms with van der Waals surface area (Å²) in [5.74, 6) is -0.815. The maximum atomic E-state index is 11.1. The van der Waals surface area contributed by atoms with Crippen LogP contribution in [0.25, 0.3) is 0 Å². The highest BCUT2D eigenvalue weighted by atomic mass is 32.3. The minimum atomic E-state index is -4.74. The van der Waals surface area contributed by atoms with Crippen LogP contribution in [0.2, 0.25) is 0 Å². The van der Waals surface area contributed by atoms with Gasteiger partial charge in [-0.15, -0.1) is 0 Å². The predicted octanol–water partition coefficient (Wildman–Crippen LogP) is 5.24. The number of rotatable bonds is 21. The van der Waals surface area contributed by atoms with E-state index in [-0.39, 0.29) is 6.42 Å². The number of primary amides is 1. The predicted molar refractivity (Wildman–Crippen MR) is 111 cm³/mol. The Morgan fingerprint density at radius 1 is 0.786 bits per heavy atom. The second kappa shape index (κ2) is 18.3. The van der Waals surface area contributed by atoms with Gasteiger partial charge in [-0.1, -0.05) is 114 Å². The molecule has 1 atom stereocenters. The molecule has 0 saturated heterocycles. The molecule has 1 unspecified atom stereocenters. The molecule has 0 aromatic carbocycles. The fraction of sp³-hybridized carbons (Fsp3) is 0.950. The lowest BCUT2D eigenvalue weighted by molar-refractivity contribution is -0.241. The standard InChI is InChI=1S/C20H41NO6S/c1-2-3-4-5-6-7-8-9-10-11-12-13-14-15-16-17-18-19(20(21)22)26-27-28(23,24)25/h19H,2-18H2,1H3,(H2,21,22)(H,23,24,25). The van der Waals surface area contributed by atoms with E-state index in [4.69, 9.17) is 10.3 Å². The van der Waals surface area contributed by atoms with Gasteiger partial charge < -0.3 is 5.73 Å². The zero-order chi connectivity index (χ0) is 21.1. The molecular formula is C20H41NO6S. The minimum absolute atomic E-state index is 0.267. The van der Waals surface area contributed by atoms with Crippen LogP contribution < -0.4 is 5.73 Å². The molecule has 28 heavy (non-hydrogen) atoms. The third-order valence-electron chi connectivity index (χ3n) is 4.88. The third-order valence-corrected chi connectivity index (χ3v) is 5.13. The molecule has 3 N–H and O–H groups in total. The molecule has 7 nitrogen and oxygen atoms in total. The van der Waals surface area contributed by atoms with Gasteiger partial charge in [-0.2, -0.15) is 8.42 Å². The molecule has 0 bridgehead atoms. The summed E-state index contributed by atoms with van der Waals surface area (Å²) in [6.45, 7) is 2.25. The first-order valence-corrected chi connectivity index (χ1v) is 12.3. The summed E-state index contributed by atoms with van der Waals surface area (Å²) >= 11 is 0. The number of amides is 1. The van der Waals surface area contributed by atoms with Crippen molar-refractivity contribution in [2.45, 2.75) is 122 Å². The monoisotopic (exact) mass is 423 g/mol. The smallest absolute Gasteiger partial charge is 0.367 e. The number of nitrogens with two attached hydrogens (primary N) is 1. The molecule has 1 amide bonds. The van der Waals surface area contributed by atoms with Crippen LogP contribution in [-0.4, -0.2) is 25.0 Å². The summed E-state index contributed by atoms with van der Waals surface area (Å²) in [4.78, 5) is 15.5. The van der Waals surface area contributed by atoms with Crippen LogP contribution >= 0.6 is 0 Å². The Morgan fingerprint density at radius 2 is 1.14 bits per heavy atom. The highest BCUT2D eigenvalue weighted by Crippen LogP contribution is 2.15. The molecule has 8 heteroatoms. The van der Waals surface area contributed by atoms with Gasteiger partial charge in [0.25, 0.3) is 0 Å². The van der Waals surface area contributed by atoms with Crippen molar-refractivity contribution in [1.82, 2.24) is 0 Å².